The highest BCUT2D eigenvalue weighted by Crippen LogP contribution is 2.29. The lowest BCUT2D eigenvalue weighted by molar-refractivity contribution is -0.123. The molecule has 0 bridgehead atoms. The summed E-state index contributed by atoms with van der Waals surface area (Å²) in [4.78, 5) is 14.2. The molecule has 0 aromatic carbocycles. The van der Waals surface area contributed by atoms with Gasteiger partial charge in [-0.05, 0) is 25.7 Å². The average molecular weight is 225 g/mol. The van der Waals surface area contributed by atoms with Gasteiger partial charge in [0.05, 0.1) is 6.61 Å². The Balaban J connectivity index is 1.86. The first kappa shape index (κ1) is 12.1. The standard InChI is InChI=1S/C13H23NO2/c15-9-8-14(12-6-7-12)10-11-4-2-1-3-5-13(11)16/h11-12,15H,1-10H2. The van der Waals surface area contributed by atoms with Crippen LogP contribution in [0.25, 0.3) is 0 Å². The van der Waals surface area contributed by atoms with Crippen LogP contribution in [-0.2, 0) is 4.79 Å². The summed E-state index contributed by atoms with van der Waals surface area (Å²) < 4.78 is 0. The third kappa shape index (κ3) is 3.29. The van der Waals surface area contributed by atoms with E-state index in [0.717, 1.165) is 32.4 Å². The molecule has 0 amide bonds. The van der Waals surface area contributed by atoms with Gasteiger partial charge in [-0.25, -0.2) is 0 Å². The summed E-state index contributed by atoms with van der Waals surface area (Å²) >= 11 is 0. The second-order valence-corrected chi connectivity index (χ2v) is 5.21. The highest BCUT2D eigenvalue weighted by molar-refractivity contribution is 5.81. The van der Waals surface area contributed by atoms with Gasteiger partial charge in [0.15, 0.2) is 0 Å². The van der Waals surface area contributed by atoms with E-state index in [2.05, 4.69) is 4.90 Å². The molecule has 2 fully saturated rings. The zero-order valence-corrected chi connectivity index (χ0v) is 10.0. The molecule has 0 saturated heterocycles. The van der Waals surface area contributed by atoms with Gasteiger partial charge >= 0.3 is 0 Å². The van der Waals surface area contributed by atoms with Gasteiger partial charge in [0.2, 0.25) is 0 Å². The van der Waals surface area contributed by atoms with E-state index in [0.29, 0.717) is 11.8 Å². The fraction of sp³-hybridized carbons (Fsp3) is 0.923. The van der Waals surface area contributed by atoms with Crippen molar-refractivity contribution in [3.8, 4) is 0 Å². The second kappa shape index (κ2) is 5.78. The van der Waals surface area contributed by atoms with Crippen molar-refractivity contribution in [3.05, 3.63) is 0 Å². The molecule has 16 heavy (non-hydrogen) atoms. The van der Waals surface area contributed by atoms with Crippen LogP contribution in [0.5, 0.6) is 0 Å². The van der Waals surface area contributed by atoms with Crippen molar-refractivity contribution in [2.75, 3.05) is 19.7 Å². The van der Waals surface area contributed by atoms with E-state index in [-0.39, 0.29) is 12.5 Å². The molecular formula is C13H23NO2. The summed E-state index contributed by atoms with van der Waals surface area (Å²) in [7, 11) is 0. The van der Waals surface area contributed by atoms with Crippen LogP contribution in [-0.4, -0.2) is 41.5 Å². The van der Waals surface area contributed by atoms with Crippen molar-refractivity contribution in [1.82, 2.24) is 4.90 Å². The molecule has 0 aromatic heterocycles. The summed E-state index contributed by atoms with van der Waals surface area (Å²) in [6.07, 6.45) is 7.84. The van der Waals surface area contributed by atoms with E-state index in [1.54, 1.807) is 0 Å². The van der Waals surface area contributed by atoms with Gasteiger partial charge in [-0.1, -0.05) is 12.8 Å². The van der Waals surface area contributed by atoms with E-state index in [1.807, 2.05) is 0 Å². The Morgan fingerprint density at radius 1 is 1.19 bits per heavy atom. The highest BCUT2D eigenvalue weighted by Gasteiger charge is 2.32. The maximum absolute atomic E-state index is 11.9. The molecule has 0 aromatic rings. The molecule has 1 atom stereocenters. The topological polar surface area (TPSA) is 40.5 Å². The average Bonchev–Trinajstić information content (AvgIpc) is 3.07. The summed E-state index contributed by atoms with van der Waals surface area (Å²) in [6.45, 7) is 1.86. The number of hydrogen-bond acceptors (Lipinski definition) is 3. The molecule has 92 valence electrons. The van der Waals surface area contributed by atoms with Gasteiger partial charge in [0, 0.05) is 31.5 Å². The van der Waals surface area contributed by atoms with E-state index in [1.165, 1.54) is 25.7 Å². The van der Waals surface area contributed by atoms with E-state index < -0.39 is 0 Å². The number of Topliss-reactive ketones (excluding diaryl/α,β-unsaturated/α-hetero) is 1. The first-order valence-corrected chi connectivity index (χ1v) is 6.69. The number of aliphatic hydroxyl groups excluding tert-OH is 1. The molecule has 2 aliphatic rings. The van der Waals surface area contributed by atoms with Crippen LogP contribution in [0.1, 0.15) is 44.9 Å². The van der Waals surface area contributed by atoms with Crippen molar-refractivity contribution in [2.45, 2.75) is 51.0 Å². The molecule has 3 nitrogen and oxygen atoms in total. The molecule has 2 saturated carbocycles. The number of nitrogens with zero attached hydrogens (tertiary/aromatic N) is 1. The first-order valence-electron chi connectivity index (χ1n) is 6.69. The smallest absolute Gasteiger partial charge is 0.137 e. The lowest BCUT2D eigenvalue weighted by atomic mass is 9.98. The summed E-state index contributed by atoms with van der Waals surface area (Å²) in [5, 5.41) is 9.04. The Kier molecular flexibility index (Phi) is 4.36. The number of rotatable bonds is 5. The SMILES string of the molecule is O=C1CCCCCC1CN(CCO)C1CC1. The van der Waals surface area contributed by atoms with Gasteiger partial charge in [0.25, 0.3) is 0 Å². The van der Waals surface area contributed by atoms with E-state index >= 15 is 0 Å². The Hall–Kier alpha value is -0.410. The maximum Gasteiger partial charge on any atom is 0.137 e. The van der Waals surface area contributed by atoms with Crippen LogP contribution < -0.4 is 0 Å². The number of carbonyl (C=O) groups is 1. The van der Waals surface area contributed by atoms with E-state index in [4.69, 9.17) is 5.11 Å². The van der Waals surface area contributed by atoms with E-state index in [9.17, 15) is 4.79 Å². The Morgan fingerprint density at radius 3 is 2.69 bits per heavy atom. The van der Waals surface area contributed by atoms with Crippen LogP contribution in [0.15, 0.2) is 0 Å². The molecule has 3 heteroatoms. The Bertz CT molecular complexity index is 238. The van der Waals surface area contributed by atoms with Crippen LogP contribution in [0.2, 0.25) is 0 Å². The molecule has 0 radical (unpaired) electrons. The minimum atomic E-state index is 0.220. The lowest BCUT2D eigenvalue weighted by Crippen LogP contribution is -2.36. The van der Waals surface area contributed by atoms with Crippen LogP contribution >= 0.6 is 0 Å². The fourth-order valence-corrected chi connectivity index (χ4v) is 2.70. The van der Waals surface area contributed by atoms with Gasteiger partial charge in [0.1, 0.15) is 5.78 Å². The third-order valence-corrected chi connectivity index (χ3v) is 3.84. The summed E-state index contributed by atoms with van der Waals surface area (Å²) in [5.74, 6) is 0.704. The van der Waals surface area contributed by atoms with Crippen LogP contribution in [0.4, 0.5) is 0 Å². The minimum absolute atomic E-state index is 0.220. The zero-order valence-electron chi connectivity index (χ0n) is 10.0. The third-order valence-electron chi connectivity index (χ3n) is 3.84. The highest BCUT2D eigenvalue weighted by atomic mass is 16.3. The van der Waals surface area contributed by atoms with Crippen LogP contribution in [0, 0.1) is 5.92 Å². The number of ketones is 1. The van der Waals surface area contributed by atoms with Crippen molar-refractivity contribution in [1.29, 1.82) is 0 Å². The molecule has 1 N–H and O–H groups in total. The molecule has 0 spiro atoms. The Morgan fingerprint density at radius 2 is 2.00 bits per heavy atom. The Labute approximate surface area is 97.8 Å². The van der Waals surface area contributed by atoms with Crippen molar-refractivity contribution >= 4 is 5.78 Å². The number of hydrogen-bond donors (Lipinski definition) is 1. The quantitative estimate of drug-likeness (QED) is 0.722. The fourth-order valence-electron chi connectivity index (χ4n) is 2.70. The predicted molar refractivity (Wildman–Crippen MR) is 63.3 cm³/mol. The van der Waals surface area contributed by atoms with Gasteiger partial charge in [-0.2, -0.15) is 0 Å². The number of carbonyl (C=O) groups excluding carboxylic acids is 1. The largest absolute Gasteiger partial charge is 0.395 e. The second-order valence-electron chi connectivity index (χ2n) is 5.21. The van der Waals surface area contributed by atoms with Crippen molar-refractivity contribution in [3.63, 3.8) is 0 Å². The normalized spacial score (nSPS) is 27.1. The molecular weight excluding hydrogens is 202 g/mol. The zero-order chi connectivity index (χ0) is 11.4. The minimum Gasteiger partial charge on any atom is -0.395 e. The predicted octanol–water partition coefficient (Wildman–Crippen LogP) is 1.59. The summed E-state index contributed by atoms with van der Waals surface area (Å²) in [6, 6.07) is 0.656. The molecule has 0 aliphatic heterocycles. The molecule has 0 heterocycles. The maximum atomic E-state index is 11.9. The van der Waals surface area contributed by atoms with Crippen molar-refractivity contribution < 1.29 is 9.90 Å². The molecule has 2 rings (SSSR count). The van der Waals surface area contributed by atoms with Gasteiger partial charge in [-0.3, -0.25) is 9.69 Å². The van der Waals surface area contributed by atoms with Gasteiger partial charge in [-0.15, -0.1) is 0 Å². The van der Waals surface area contributed by atoms with Crippen molar-refractivity contribution in [2.24, 2.45) is 5.92 Å². The molecule has 2 aliphatic carbocycles. The monoisotopic (exact) mass is 225 g/mol. The first-order chi connectivity index (χ1) is 7.81. The lowest BCUT2D eigenvalue weighted by Gasteiger charge is -2.25. The van der Waals surface area contributed by atoms with Gasteiger partial charge < -0.3 is 5.11 Å². The molecule has 1 unspecified atom stereocenters. The number of aliphatic hydroxyl groups is 1. The van der Waals surface area contributed by atoms with Crippen LogP contribution in [0.3, 0.4) is 0 Å². The summed E-state index contributed by atoms with van der Waals surface area (Å²) in [5.41, 5.74) is 0.